The van der Waals surface area contributed by atoms with Crippen molar-refractivity contribution in [1.29, 1.82) is 0 Å². The minimum Gasteiger partial charge on any atom is -0.352 e. The zero-order valence-electron chi connectivity index (χ0n) is 15.6. The monoisotopic (exact) mass is 344 g/mol. The summed E-state index contributed by atoms with van der Waals surface area (Å²) in [7, 11) is 1.91. The van der Waals surface area contributed by atoms with Gasteiger partial charge in [-0.15, -0.1) is 0 Å². The van der Waals surface area contributed by atoms with Crippen LogP contribution in [0.15, 0.2) is 10.6 Å². The lowest BCUT2D eigenvalue weighted by Gasteiger charge is -2.16. The van der Waals surface area contributed by atoms with Gasteiger partial charge < -0.3 is 15.2 Å². The molecule has 0 spiro atoms. The van der Waals surface area contributed by atoms with Crippen LogP contribution in [-0.2, 0) is 6.42 Å². The maximum atomic E-state index is 12.8. The van der Waals surface area contributed by atoms with Crippen LogP contribution in [0.2, 0.25) is 0 Å². The summed E-state index contributed by atoms with van der Waals surface area (Å²) in [5.74, 6) is 0.389. The van der Waals surface area contributed by atoms with E-state index in [1.807, 2.05) is 13.1 Å². The molecule has 0 aromatic carbocycles. The predicted molar refractivity (Wildman–Crippen MR) is 97.8 cm³/mol. The first-order valence-electron chi connectivity index (χ1n) is 9.11. The molecule has 3 rings (SSSR count). The van der Waals surface area contributed by atoms with Crippen LogP contribution in [0, 0.1) is 5.41 Å². The smallest absolute Gasteiger partial charge is 0.259 e. The van der Waals surface area contributed by atoms with Crippen LogP contribution < -0.4 is 10.6 Å². The summed E-state index contributed by atoms with van der Waals surface area (Å²) in [6, 6.07) is 1.94. The summed E-state index contributed by atoms with van der Waals surface area (Å²) in [5, 5.41) is 11.1. The van der Waals surface area contributed by atoms with E-state index < -0.39 is 0 Å². The molecule has 0 atom stereocenters. The van der Waals surface area contributed by atoms with Gasteiger partial charge in [0.2, 0.25) is 0 Å². The molecule has 0 radical (unpaired) electrons. The summed E-state index contributed by atoms with van der Waals surface area (Å²) in [6.45, 7) is 7.97. The fraction of sp³-hybridized carbons (Fsp3) is 0.632. The van der Waals surface area contributed by atoms with Crippen molar-refractivity contribution in [2.75, 3.05) is 20.1 Å². The highest BCUT2D eigenvalue weighted by Crippen LogP contribution is 2.40. The van der Waals surface area contributed by atoms with E-state index in [0.29, 0.717) is 23.7 Å². The lowest BCUT2D eigenvalue weighted by Crippen LogP contribution is -2.27. The van der Waals surface area contributed by atoms with Crippen LogP contribution in [0.4, 0.5) is 0 Å². The lowest BCUT2D eigenvalue weighted by atomic mass is 9.89. The predicted octanol–water partition coefficient (Wildman–Crippen LogP) is 3.03. The number of carbonyl (C=O) groups is 1. The van der Waals surface area contributed by atoms with Crippen molar-refractivity contribution in [3.05, 3.63) is 23.0 Å². The van der Waals surface area contributed by atoms with E-state index in [1.54, 1.807) is 0 Å². The van der Waals surface area contributed by atoms with Gasteiger partial charge in [-0.3, -0.25) is 4.79 Å². The summed E-state index contributed by atoms with van der Waals surface area (Å²) in [5.41, 5.74) is 2.96. The van der Waals surface area contributed by atoms with Gasteiger partial charge >= 0.3 is 0 Å². The van der Waals surface area contributed by atoms with Gasteiger partial charge in [0.1, 0.15) is 0 Å². The van der Waals surface area contributed by atoms with Crippen LogP contribution in [0.3, 0.4) is 0 Å². The normalized spacial score (nSPS) is 14.9. The molecule has 2 heterocycles. The second-order valence-electron chi connectivity index (χ2n) is 8.13. The van der Waals surface area contributed by atoms with Crippen molar-refractivity contribution in [3.8, 4) is 0 Å². The molecule has 1 aliphatic carbocycles. The SMILES string of the molecule is CNCCCNC(=O)c1cc(C2CC2)nc2onc(CC(C)(C)C)c12. The van der Waals surface area contributed by atoms with Gasteiger partial charge in [-0.25, -0.2) is 4.98 Å². The molecule has 6 nitrogen and oxygen atoms in total. The van der Waals surface area contributed by atoms with Crippen molar-refractivity contribution >= 4 is 17.0 Å². The van der Waals surface area contributed by atoms with Crippen LogP contribution in [0.1, 0.15) is 67.7 Å². The van der Waals surface area contributed by atoms with E-state index in [1.165, 1.54) is 0 Å². The Kier molecular flexibility index (Phi) is 5.08. The van der Waals surface area contributed by atoms with E-state index in [4.69, 9.17) is 4.52 Å². The van der Waals surface area contributed by atoms with Crippen LogP contribution in [0.25, 0.3) is 11.1 Å². The molecule has 0 saturated heterocycles. The Morgan fingerprint density at radius 2 is 2.08 bits per heavy atom. The minimum absolute atomic E-state index is 0.0551. The summed E-state index contributed by atoms with van der Waals surface area (Å²) >= 11 is 0. The highest BCUT2D eigenvalue weighted by atomic mass is 16.5. The Bertz CT molecular complexity index is 757. The molecule has 1 fully saturated rings. The second-order valence-corrected chi connectivity index (χ2v) is 8.13. The molecule has 2 N–H and O–H groups in total. The van der Waals surface area contributed by atoms with Crippen LogP contribution >= 0.6 is 0 Å². The standard InChI is InChI=1S/C19H28N4O2/c1-19(2,3)11-15-16-13(17(24)21-9-5-8-20-4)10-14(12-6-7-12)22-18(16)25-23-15/h10,12,20H,5-9,11H2,1-4H3,(H,21,24). The Hall–Kier alpha value is -1.95. The molecule has 136 valence electrons. The summed E-state index contributed by atoms with van der Waals surface area (Å²) < 4.78 is 5.50. The van der Waals surface area contributed by atoms with Gasteiger partial charge in [0.25, 0.3) is 11.6 Å². The molecule has 0 bridgehead atoms. The number of nitrogens with zero attached hydrogens (tertiary/aromatic N) is 2. The maximum absolute atomic E-state index is 12.8. The zero-order valence-corrected chi connectivity index (χ0v) is 15.6. The number of hydrogen-bond acceptors (Lipinski definition) is 5. The molecule has 1 amide bonds. The number of pyridine rings is 1. The van der Waals surface area contributed by atoms with E-state index in [2.05, 4.69) is 41.5 Å². The average molecular weight is 344 g/mol. The van der Waals surface area contributed by atoms with Crippen LogP contribution in [-0.4, -0.2) is 36.2 Å². The van der Waals surface area contributed by atoms with Crippen molar-refractivity contribution in [3.63, 3.8) is 0 Å². The average Bonchev–Trinajstić information content (AvgIpc) is 3.32. The number of nitrogens with one attached hydrogen (secondary N) is 2. The number of rotatable bonds is 7. The number of fused-ring (bicyclic) bond motifs is 1. The third-order valence-corrected chi connectivity index (χ3v) is 4.36. The first-order valence-corrected chi connectivity index (χ1v) is 9.11. The van der Waals surface area contributed by atoms with Crippen molar-refractivity contribution < 1.29 is 9.32 Å². The van der Waals surface area contributed by atoms with Gasteiger partial charge in [0, 0.05) is 18.2 Å². The first-order chi connectivity index (χ1) is 11.9. The Labute approximate surface area is 148 Å². The molecule has 0 aliphatic heterocycles. The van der Waals surface area contributed by atoms with Gasteiger partial charge in [0.05, 0.1) is 16.6 Å². The Morgan fingerprint density at radius 3 is 2.72 bits per heavy atom. The molecular formula is C19H28N4O2. The third kappa shape index (κ3) is 4.37. The quantitative estimate of drug-likeness (QED) is 0.755. The molecular weight excluding hydrogens is 316 g/mol. The van der Waals surface area contributed by atoms with E-state index >= 15 is 0 Å². The fourth-order valence-electron chi connectivity index (χ4n) is 2.98. The van der Waals surface area contributed by atoms with E-state index in [9.17, 15) is 4.79 Å². The lowest BCUT2D eigenvalue weighted by molar-refractivity contribution is 0.0954. The molecule has 2 aromatic rings. The topological polar surface area (TPSA) is 80.0 Å². The number of amides is 1. The largest absolute Gasteiger partial charge is 0.352 e. The zero-order chi connectivity index (χ0) is 18.0. The Balaban J connectivity index is 1.94. The second kappa shape index (κ2) is 7.12. The molecule has 1 saturated carbocycles. The fourth-order valence-corrected chi connectivity index (χ4v) is 2.98. The molecule has 1 aliphatic rings. The van der Waals surface area contributed by atoms with Gasteiger partial charge in [-0.1, -0.05) is 25.9 Å². The Morgan fingerprint density at radius 1 is 1.32 bits per heavy atom. The van der Waals surface area contributed by atoms with Crippen molar-refractivity contribution in [2.45, 2.75) is 52.4 Å². The van der Waals surface area contributed by atoms with Crippen molar-refractivity contribution in [1.82, 2.24) is 20.8 Å². The van der Waals surface area contributed by atoms with Gasteiger partial charge in [0.15, 0.2) is 0 Å². The van der Waals surface area contributed by atoms with E-state index in [0.717, 1.165) is 49.0 Å². The van der Waals surface area contributed by atoms with Gasteiger partial charge in [-0.05, 0) is 50.8 Å². The molecule has 6 heteroatoms. The summed E-state index contributed by atoms with van der Waals surface area (Å²) in [6.07, 6.45) is 3.89. The highest BCUT2D eigenvalue weighted by Gasteiger charge is 2.29. The number of hydrogen-bond donors (Lipinski definition) is 2. The first kappa shape index (κ1) is 17.9. The highest BCUT2D eigenvalue weighted by molar-refractivity contribution is 6.06. The van der Waals surface area contributed by atoms with E-state index in [-0.39, 0.29) is 11.3 Å². The van der Waals surface area contributed by atoms with Gasteiger partial charge in [-0.2, -0.15) is 0 Å². The molecule has 0 unspecified atom stereocenters. The summed E-state index contributed by atoms with van der Waals surface area (Å²) in [4.78, 5) is 17.4. The van der Waals surface area contributed by atoms with Crippen LogP contribution in [0.5, 0.6) is 0 Å². The molecule has 25 heavy (non-hydrogen) atoms. The number of carbonyl (C=O) groups excluding carboxylic acids is 1. The molecule has 2 aromatic heterocycles. The number of aromatic nitrogens is 2. The third-order valence-electron chi connectivity index (χ3n) is 4.36. The maximum Gasteiger partial charge on any atom is 0.259 e. The minimum atomic E-state index is -0.0660. The van der Waals surface area contributed by atoms with Crippen molar-refractivity contribution in [2.24, 2.45) is 5.41 Å².